The van der Waals surface area contributed by atoms with Crippen LogP contribution in [0.4, 0.5) is 13.2 Å². The quantitative estimate of drug-likeness (QED) is 0.591. The van der Waals surface area contributed by atoms with Crippen molar-refractivity contribution in [3.63, 3.8) is 0 Å². The molecule has 0 aliphatic rings. The molecule has 0 aliphatic heterocycles. The zero-order valence-electron chi connectivity index (χ0n) is 17.0. The van der Waals surface area contributed by atoms with Crippen molar-refractivity contribution in [2.75, 3.05) is 0 Å². The molecule has 2 N–H and O–H groups in total. The van der Waals surface area contributed by atoms with E-state index in [2.05, 4.69) is 11.9 Å². The van der Waals surface area contributed by atoms with Crippen molar-refractivity contribution in [1.29, 1.82) is 0 Å². The molecule has 0 spiro atoms. The second-order valence-electron chi connectivity index (χ2n) is 7.27. The maximum absolute atomic E-state index is 13.1. The molecule has 0 atom stereocenters. The Hall–Kier alpha value is -3.61. The largest absolute Gasteiger partial charge is 0.431 e. The number of rotatable bonds is 5. The number of alkyl halides is 3. The molecule has 7 heteroatoms. The molecule has 160 valence electrons. The van der Waals surface area contributed by atoms with E-state index in [9.17, 15) is 22.8 Å². The number of carbonyl (C=O) groups excluding carboxylic acids is 1. The Kier molecular flexibility index (Phi) is 6.15. The standard InChI is InChI=1S/C24H21F3N2O2/c1-4-16-13-19(23(31)29-21(16)24(25,26)27)22(30)28-20(17-9-5-14(2)6-10-17)18-11-7-15(3)8-12-18/h4-13,20H,1H2,2-3H3,(H,28,30)(H,29,31). The molecule has 4 nitrogen and oxygen atoms in total. The summed E-state index contributed by atoms with van der Waals surface area (Å²) >= 11 is 0. The van der Waals surface area contributed by atoms with Gasteiger partial charge in [0.25, 0.3) is 11.5 Å². The Balaban J connectivity index is 2.03. The van der Waals surface area contributed by atoms with E-state index >= 15 is 0 Å². The summed E-state index contributed by atoms with van der Waals surface area (Å²) in [5.74, 6) is -0.788. The molecule has 1 heterocycles. The van der Waals surface area contributed by atoms with Gasteiger partial charge in [0.1, 0.15) is 11.3 Å². The van der Waals surface area contributed by atoms with Gasteiger partial charge in [0.15, 0.2) is 0 Å². The molecule has 0 aliphatic carbocycles. The van der Waals surface area contributed by atoms with Crippen LogP contribution in [0.5, 0.6) is 0 Å². The molecule has 3 aromatic rings. The molecule has 0 saturated carbocycles. The van der Waals surface area contributed by atoms with Crippen LogP contribution >= 0.6 is 0 Å². The van der Waals surface area contributed by atoms with Crippen LogP contribution in [0, 0.1) is 13.8 Å². The van der Waals surface area contributed by atoms with Gasteiger partial charge in [-0.1, -0.05) is 72.3 Å². The highest BCUT2D eigenvalue weighted by Crippen LogP contribution is 2.30. The van der Waals surface area contributed by atoms with Gasteiger partial charge < -0.3 is 10.3 Å². The number of amides is 1. The van der Waals surface area contributed by atoms with E-state index in [4.69, 9.17) is 0 Å². The van der Waals surface area contributed by atoms with E-state index in [0.29, 0.717) is 0 Å². The van der Waals surface area contributed by atoms with Crippen LogP contribution in [0.2, 0.25) is 0 Å². The Bertz CT molecular complexity index is 1120. The Morgan fingerprint density at radius 2 is 1.48 bits per heavy atom. The van der Waals surface area contributed by atoms with Gasteiger partial charge in [-0.3, -0.25) is 9.59 Å². The molecule has 0 unspecified atom stereocenters. The third kappa shape index (κ3) is 4.94. The van der Waals surface area contributed by atoms with E-state index < -0.39 is 34.9 Å². The summed E-state index contributed by atoms with van der Waals surface area (Å²) in [6.45, 7) is 7.22. The lowest BCUT2D eigenvalue weighted by Gasteiger charge is -2.21. The first-order valence-corrected chi connectivity index (χ1v) is 9.51. The fraction of sp³-hybridized carbons (Fsp3) is 0.167. The topological polar surface area (TPSA) is 62.0 Å². The number of carbonyl (C=O) groups is 1. The average molecular weight is 426 g/mol. The first-order chi connectivity index (χ1) is 14.6. The number of aryl methyl sites for hydroxylation is 2. The molecule has 2 aromatic carbocycles. The van der Waals surface area contributed by atoms with Crippen molar-refractivity contribution in [3.8, 4) is 0 Å². The minimum Gasteiger partial charge on any atom is -0.341 e. The van der Waals surface area contributed by atoms with Crippen LogP contribution in [0.15, 0.2) is 66.0 Å². The maximum atomic E-state index is 13.1. The summed E-state index contributed by atoms with van der Waals surface area (Å²) in [7, 11) is 0. The monoisotopic (exact) mass is 426 g/mol. The third-order valence-corrected chi connectivity index (χ3v) is 4.92. The Morgan fingerprint density at radius 1 is 1.00 bits per heavy atom. The number of hydrogen-bond acceptors (Lipinski definition) is 2. The summed E-state index contributed by atoms with van der Waals surface area (Å²) in [6, 6.07) is 15.3. The lowest BCUT2D eigenvalue weighted by Crippen LogP contribution is -2.34. The summed E-state index contributed by atoms with van der Waals surface area (Å²) in [5.41, 5.74) is 0.455. The highest BCUT2D eigenvalue weighted by molar-refractivity contribution is 5.95. The van der Waals surface area contributed by atoms with E-state index in [1.54, 1.807) is 4.98 Å². The number of pyridine rings is 1. The fourth-order valence-corrected chi connectivity index (χ4v) is 3.20. The van der Waals surface area contributed by atoms with E-state index in [0.717, 1.165) is 34.4 Å². The van der Waals surface area contributed by atoms with Crippen LogP contribution < -0.4 is 10.9 Å². The first-order valence-electron chi connectivity index (χ1n) is 9.51. The van der Waals surface area contributed by atoms with Gasteiger partial charge in [0.2, 0.25) is 0 Å². The predicted octanol–water partition coefficient (Wildman–Crippen LogP) is 5.17. The summed E-state index contributed by atoms with van der Waals surface area (Å²) < 4.78 is 39.4. The minimum absolute atomic E-state index is 0.375. The van der Waals surface area contributed by atoms with Crippen molar-refractivity contribution in [3.05, 3.63) is 111 Å². The molecular weight excluding hydrogens is 405 g/mol. The van der Waals surface area contributed by atoms with Gasteiger partial charge in [-0.05, 0) is 31.0 Å². The Labute approximate surface area is 177 Å². The number of aromatic amines is 1. The molecular formula is C24H21F3N2O2. The zero-order valence-corrected chi connectivity index (χ0v) is 17.0. The van der Waals surface area contributed by atoms with E-state index in [1.165, 1.54) is 0 Å². The van der Waals surface area contributed by atoms with Crippen molar-refractivity contribution in [2.45, 2.75) is 26.1 Å². The SMILES string of the molecule is C=Cc1cc(C(=O)NC(c2ccc(C)cc2)c2ccc(C)cc2)c(=O)[nH]c1C(F)(F)F. The fourth-order valence-electron chi connectivity index (χ4n) is 3.20. The van der Waals surface area contributed by atoms with Crippen molar-refractivity contribution < 1.29 is 18.0 Å². The number of H-pyrrole nitrogens is 1. The van der Waals surface area contributed by atoms with E-state index in [-0.39, 0.29) is 5.56 Å². The second kappa shape index (κ2) is 8.63. The van der Waals surface area contributed by atoms with Gasteiger partial charge in [0.05, 0.1) is 6.04 Å². The summed E-state index contributed by atoms with van der Waals surface area (Å²) in [4.78, 5) is 27.0. The van der Waals surface area contributed by atoms with Crippen LogP contribution in [-0.2, 0) is 6.18 Å². The van der Waals surface area contributed by atoms with Gasteiger partial charge in [0, 0.05) is 5.56 Å². The van der Waals surface area contributed by atoms with Crippen LogP contribution in [0.3, 0.4) is 0 Å². The minimum atomic E-state index is -4.77. The lowest BCUT2D eigenvalue weighted by molar-refractivity contribution is -0.141. The van der Waals surface area contributed by atoms with Gasteiger partial charge >= 0.3 is 6.18 Å². The molecule has 0 radical (unpaired) electrons. The van der Waals surface area contributed by atoms with Crippen LogP contribution in [0.1, 0.15) is 49.9 Å². The summed E-state index contributed by atoms with van der Waals surface area (Å²) in [5, 5.41) is 2.78. The van der Waals surface area contributed by atoms with Crippen LogP contribution in [-0.4, -0.2) is 10.9 Å². The normalized spacial score (nSPS) is 11.4. The number of halogens is 3. The molecule has 31 heavy (non-hydrogen) atoms. The van der Waals surface area contributed by atoms with E-state index in [1.807, 2.05) is 62.4 Å². The molecule has 0 saturated heterocycles. The molecule has 3 rings (SSSR count). The van der Waals surface area contributed by atoms with Gasteiger partial charge in [-0.15, -0.1) is 0 Å². The van der Waals surface area contributed by atoms with Crippen molar-refractivity contribution in [1.82, 2.24) is 10.3 Å². The van der Waals surface area contributed by atoms with Gasteiger partial charge in [-0.2, -0.15) is 13.2 Å². The lowest BCUT2D eigenvalue weighted by atomic mass is 9.96. The third-order valence-electron chi connectivity index (χ3n) is 4.92. The van der Waals surface area contributed by atoms with Crippen molar-refractivity contribution in [2.24, 2.45) is 0 Å². The number of aromatic nitrogens is 1. The van der Waals surface area contributed by atoms with Crippen LogP contribution in [0.25, 0.3) is 6.08 Å². The molecule has 1 aromatic heterocycles. The summed E-state index contributed by atoms with van der Waals surface area (Å²) in [6.07, 6.45) is -3.82. The molecule has 1 amide bonds. The highest BCUT2D eigenvalue weighted by Gasteiger charge is 2.35. The number of benzene rings is 2. The Morgan fingerprint density at radius 3 is 1.90 bits per heavy atom. The molecule has 0 fully saturated rings. The maximum Gasteiger partial charge on any atom is 0.431 e. The average Bonchev–Trinajstić information content (AvgIpc) is 2.72. The highest BCUT2D eigenvalue weighted by atomic mass is 19.4. The smallest absolute Gasteiger partial charge is 0.341 e. The van der Waals surface area contributed by atoms with Gasteiger partial charge in [-0.25, -0.2) is 0 Å². The zero-order chi connectivity index (χ0) is 22.8. The predicted molar refractivity (Wildman–Crippen MR) is 114 cm³/mol. The second-order valence-corrected chi connectivity index (χ2v) is 7.27. The number of hydrogen-bond donors (Lipinski definition) is 2. The molecule has 0 bridgehead atoms. The first kappa shape index (κ1) is 22.1. The number of nitrogens with one attached hydrogen (secondary N) is 2. The van der Waals surface area contributed by atoms with Crippen molar-refractivity contribution >= 4 is 12.0 Å².